The minimum atomic E-state index is 0.165. The normalized spacial score (nSPS) is 9.90. The highest BCUT2D eigenvalue weighted by Crippen LogP contribution is 2.38. The summed E-state index contributed by atoms with van der Waals surface area (Å²) in [7, 11) is 4.84. The van der Waals surface area contributed by atoms with Crippen LogP contribution in [-0.2, 0) is 11.3 Å². The molecule has 1 aromatic carbocycles. The molecule has 1 N–H and O–H groups in total. The van der Waals surface area contributed by atoms with E-state index in [1.54, 1.807) is 21.3 Å². The van der Waals surface area contributed by atoms with E-state index >= 15 is 0 Å². The van der Waals surface area contributed by atoms with Crippen LogP contribution in [0.25, 0.3) is 0 Å². The van der Waals surface area contributed by atoms with Crippen molar-refractivity contribution < 1.29 is 18.9 Å². The Morgan fingerprint density at radius 2 is 1.80 bits per heavy atom. The summed E-state index contributed by atoms with van der Waals surface area (Å²) in [6.07, 6.45) is 5.21. The van der Waals surface area contributed by atoms with Gasteiger partial charge in [0.2, 0.25) is 5.75 Å². The van der Waals surface area contributed by atoms with Crippen LogP contribution in [0.3, 0.4) is 0 Å². The second-order valence-corrected chi connectivity index (χ2v) is 3.99. The first-order valence-electron chi connectivity index (χ1n) is 6.27. The molecule has 0 aromatic heterocycles. The molecule has 0 fully saturated rings. The van der Waals surface area contributed by atoms with Gasteiger partial charge in [0.25, 0.3) is 0 Å². The lowest BCUT2D eigenvalue weighted by molar-refractivity contribution is 0.199. The molecule has 20 heavy (non-hydrogen) atoms. The topological polar surface area (TPSA) is 49.0 Å². The van der Waals surface area contributed by atoms with E-state index in [0.717, 1.165) is 12.1 Å². The van der Waals surface area contributed by atoms with Crippen LogP contribution in [0.2, 0.25) is 0 Å². The smallest absolute Gasteiger partial charge is 0.204 e. The monoisotopic (exact) mass is 279 g/mol. The Hall–Kier alpha value is -1.90. The SMILES string of the molecule is C#CCOc1c(OC)cc(CNCCOC)cc1OC. The lowest BCUT2D eigenvalue weighted by Crippen LogP contribution is -2.18. The van der Waals surface area contributed by atoms with Gasteiger partial charge in [-0.15, -0.1) is 6.42 Å². The van der Waals surface area contributed by atoms with Crippen molar-refractivity contribution in [2.75, 3.05) is 41.1 Å². The quantitative estimate of drug-likeness (QED) is 0.548. The Morgan fingerprint density at radius 3 is 2.30 bits per heavy atom. The molecule has 0 aliphatic carbocycles. The molecule has 0 aliphatic heterocycles. The third kappa shape index (κ3) is 4.65. The van der Waals surface area contributed by atoms with E-state index in [1.807, 2.05) is 12.1 Å². The lowest BCUT2D eigenvalue weighted by Gasteiger charge is -2.15. The molecule has 5 nitrogen and oxygen atoms in total. The maximum Gasteiger partial charge on any atom is 0.204 e. The molecule has 0 saturated carbocycles. The molecule has 1 rings (SSSR count). The summed E-state index contributed by atoms with van der Waals surface area (Å²) in [6.45, 7) is 2.29. The number of rotatable bonds is 9. The van der Waals surface area contributed by atoms with E-state index in [0.29, 0.717) is 30.4 Å². The summed E-state index contributed by atoms with van der Waals surface area (Å²) in [6, 6.07) is 3.79. The fourth-order valence-electron chi connectivity index (χ4n) is 1.70. The first kappa shape index (κ1) is 16.2. The van der Waals surface area contributed by atoms with Crippen LogP contribution in [0.15, 0.2) is 12.1 Å². The number of ether oxygens (including phenoxy) is 4. The zero-order chi connectivity index (χ0) is 14.8. The maximum atomic E-state index is 5.47. The first-order valence-corrected chi connectivity index (χ1v) is 6.27. The molecular formula is C15H21NO4. The van der Waals surface area contributed by atoms with Gasteiger partial charge in [-0.3, -0.25) is 0 Å². The second kappa shape index (κ2) is 9.08. The average molecular weight is 279 g/mol. The predicted octanol–water partition coefficient (Wildman–Crippen LogP) is 1.45. The van der Waals surface area contributed by atoms with Crippen molar-refractivity contribution >= 4 is 0 Å². The van der Waals surface area contributed by atoms with Crippen LogP contribution in [0.1, 0.15) is 5.56 Å². The average Bonchev–Trinajstić information content (AvgIpc) is 2.49. The molecule has 0 spiro atoms. The van der Waals surface area contributed by atoms with E-state index < -0.39 is 0 Å². The van der Waals surface area contributed by atoms with Gasteiger partial charge >= 0.3 is 0 Å². The van der Waals surface area contributed by atoms with Crippen molar-refractivity contribution in [3.63, 3.8) is 0 Å². The lowest BCUT2D eigenvalue weighted by atomic mass is 10.1. The van der Waals surface area contributed by atoms with Crippen LogP contribution in [-0.4, -0.2) is 41.1 Å². The minimum absolute atomic E-state index is 0.165. The number of hydrogen-bond acceptors (Lipinski definition) is 5. The molecule has 0 aliphatic rings. The highest BCUT2D eigenvalue weighted by atomic mass is 16.5. The van der Waals surface area contributed by atoms with Gasteiger partial charge in [-0.05, 0) is 17.7 Å². The van der Waals surface area contributed by atoms with E-state index in [2.05, 4.69) is 11.2 Å². The number of nitrogens with one attached hydrogen (secondary N) is 1. The van der Waals surface area contributed by atoms with Crippen molar-refractivity contribution in [3.05, 3.63) is 17.7 Å². The van der Waals surface area contributed by atoms with E-state index in [1.165, 1.54) is 0 Å². The molecule has 5 heteroatoms. The first-order chi connectivity index (χ1) is 9.76. The Balaban J connectivity index is 2.85. The van der Waals surface area contributed by atoms with Crippen molar-refractivity contribution in [3.8, 4) is 29.6 Å². The Kier molecular flexibility index (Phi) is 7.33. The highest BCUT2D eigenvalue weighted by molar-refractivity contribution is 5.54. The Labute approximate surface area is 120 Å². The van der Waals surface area contributed by atoms with Crippen LogP contribution < -0.4 is 19.5 Å². The number of methoxy groups -OCH3 is 3. The van der Waals surface area contributed by atoms with Gasteiger partial charge in [0, 0.05) is 20.2 Å². The molecular weight excluding hydrogens is 258 g/mol. The molecule has 0 bridgehead atoms. The van der Waals surface area contributed by atoms with E-state index in [9.17, 15) is 0 Å². The predicted molar refractivity (Wildman–Crippen MR) is 77.5 cm³/mol. The molecule has 0 amide bonds. The number of hydrogen-bond donors (Lipinski definition) is 1. The van der Waals surface area contributed by atoms with Gasteiger partial charge in [0.15, 0.2) is 11.5 Å². The fourth-order valence-corrected chi connectivity index (χ4v) is 1.70. The number of terminal acetylenes is 1. The summed E-state index contributed by atoms with van der Waals surface area (Å²) in [5.74, 6) is 4.14. The van der Waals surface area contributed by atoms with E-state index in [-0.39, 0.29) is 6.61 Å². The molecule has 0 heterocycles. The maximum absolute atomic E-state index is 5.47. The van der Waals surface area contributed by atoms with Crippen molar-refractivity contribution in [2.24, 2.45) is 0 Å². The summed E-state index contributed by atoms with van der Waals surface area (Å²) in [5.41, 5.74) is 1.03. The summed E-state index contributed by atoms with van der Waals surface area (Å²) in [5, 5.41) is 3.26. The third-order valence-electron chi connectivity index (χ3n) is 2.63. The van der Waals surface area contributed by atoms with Gasteiger partial charge in [-0.2, -0.15) is 0 Å². The highest BCUT2D eigenvalue weighted by Gasteiger charge is 2.13. The van der Waals surface area contributed by atoms with Crippen molar-refractivity contribution in [2.45, 2.75) is 6.54 Å². The minimum Gasteiger partial charge on any atom is -0.493 e. The van der Waals surface area contributed by atoms with Gasteiger partial charge < -0.3 is 24.3 Å². The van der Waals surface area contributed by atoms with E-state index in [4.69, 9.17) is 25.4 Å². The van der Waals surface area contributed by atoms with Crippen LogP contribution >= 0.6 is 0 Å². The third-order valence-corrected chi connectivity index (χ3v) is 2.63. The van der Waals surface area contributed by atoms with Gasteiger partial charge in [-0.1, -0.05) is 5.92 Å². The van der Waals surface area contributed by atoms with Crippen molar-refractivity contribution in [1.82, 2.24) is 5.32 Å². The zero-order valence-electron chi connectivity index (χ0n) is 12.2. The fraction of sp³-hybridized carbons (Fsp3) is 0.467. The molecule has 0 unspecified atom stereocenters. The largest absolute Gasteiger partial charge is 0.493 e. The van der Waals surface area contributed by atoms with Crippen LogP contribution in [0, 0.1) is 12.3 Å². The second-order valence-electron chi connectivity index (χ2n) is 3.99. The summed E-state index contributed by atoms with van der Waals surface area (Å²) >= 11 is 0. The standard InChI is InChI=1S/C15H21NO4/c1-5-7-20-15-13(18-3)9-12(10-14(15)19-4)11-16-6-8-17-2/h1,9-10,16H,6-8,11H2,2-4H3. The van der Waals surface area contributed by atoms with Crippen LogP contribution in [0.5, 0.6) is 17.2 Å². The number of benzene rings is 1. The molecule has 110 valence electrons. The van der Waals surface area contributed by atoms with Gasteiger partial charge in [0.05, 0.1) is 20.8 Å². The Bertz CT molecular complexity index is 429. The molecule has 0 atom stereocenters. The van der Waals surface area contributed by atoms with Crippen LogP contribution in [0.4, 0.5) is 0 Å². The summed E-state index contributed by atoms with van der Waals surface area (Å²) < 4.78 is 21.1. The van der Waals surface area contributed by atoms with Gasteiger partial charge in [0.1, 0.15) is 6.61 Å². The van der Waals surface area contributed by atoms with Crippen molar-refractivity contribution in [1.29, 1.82) is 0 Å². The molecule has 0 radical (unpaired) electrons. The van der Waals surface area contributed by atoms with Gasteiger partial charge in [-0.25, -0.2) is 0 Å². The molecule has 1 aromatic rings. The summed E-state index contributed by atoms with van der Waals surface area (Å²) in [4.78, 5) is 0. The zero-order valence-corrected chi connectivity index (χ0v) is 12.2. The Morgan fingerprint density at radius 1 is 1.15 bits per heavy atom. The molecule has 0 saturated heterocycles.